The van der Waals surface area contributed by atoms with Gasteiger partial charge in [-0.15, -0.1) is 0 Å². The number of rotatable bonds is 3. The summed E-state index contributed by atoms with van der Waals surface area (Å²) in [5.74, 6) is 0. The van der Waals surface area contributed by atoms with E-state index in [9.17, 15) is 8.78 Å². The molecule has 0 fully saturated rings. The molecular weight excluding hydrogens is 258 g/mol. The highest BCUT2D eigenvalue weighted by molar-refractivity contribution is 9.10. The Labute approximate surface area is 88.1 Å². The Morgan fingerprint density at radius 2 is 2.21 bits per heavy atom. The highest BCUT2D eigenvalue weighted by atomic mass is 79.9. The Morgan fingerprint density at radius 1 is 1.57 bits per heavy atom. The number of hydrogen-bond acceptors (Lipinski definition) is 3. The molecule has 0 amide bonds. The molecule has 0 saturated carbocycles. The Morgan fingerprint density at radius 3 is 2.64 bits per heavy atom. The van der Waals surface area contributed by atoms with Crippen molar-refractivity contribution in [1.29, 1.82) is 0 Å². The van der Waals surface area contributed by atoms with Crippen molar-refractivity contribution >= 4 is 15.9 Å². The van der Waals surface area contributed by atoms with Crippen LogP contribution in [0.1, 0.15) is 23.2 Å². The molecule has 1 heterocycles. The lowest BCUT2D eigenvalue weighted by Crippen LogP contribution is -2.07. The fraction of sp³-hybridized carbons (Fsp3) is 0.375. The van der Waals surface area contributed by atoms with Crippen LogP contribution in [0.3, 0.4) is 0 Å². The molecule has 0 aliphatic heterocycles. The molecule has 0 aliphatic carbocycles. The number of aliphatic hydroxyl groups excluding tert-OH is 1. The lowest BCUT2D eigenvalue weighted by atomic mass is 10.1. The van der Waals surface area contributed by atoms with E-state index in [1.54, 1.807) is 0 Å². The smallest absolute Gasteiger partial charge is 0.280 e. The van der Waals surface area contributed by atoms with Gasteiger partial charge in [-0.1, -0.05) is 0 Å². The Kier molecular flexibility index (Phi) is 3.91. The van der Waals surface area contributed by atoms with Crippen molar-refractivity contribution in [3.8, 4) is 0 Å². The minimum atomic E-state index is -2.66. The van der Waals surface area contributed by atoms with Gasteiger partial charge in [-0.25, -0.2) is 8.78 Å². The fourth-order valence-corrected chi connectivity index (χ4v) is 1.67. The first kappa shape index (κ1) is 11.5. The maximum atomic E-state index is 12.4. The van der Waals surface area contributed by atoms with E-state index in [2.05, 4.69) is 20.9 Å². The fourth-order valence-electron chi connectivity index (χ4n) is 1.08. The van der Waals surface area contributed by atoms with Gasteiger partial charge in [-0.05, 0) is 15.9 Å². The third kappa shape index (κ3) is 2.08. The molecule has 1 aromatic rings. The standard InChI is InChI=1S/C8H9BrF2N2O/c9-6-4(3-14)2-13-7(8(10)11)5(6)1-12/h2,8,14H,1,3,12H2. The molecule has 1 rings (SSSR count). The number of hydrogen-bond donors (Lipinski definition) is 2. The van der Waals surface area contributed by atoms with E-state index in [1.807, 2.05) is 0 Å². The molecule has 0 bridgehead atoms. The summed E-state index contributed by atoms with van der Waals surface area (Å²) in [5.41, 5.74) is 5.69. The lowest BCUT2D eigenvalue weighted by Gasteiger charge is -2.10. The van der Waals surface area contributed by atoms with Gasteiger partial charge in [-0.2, -0.15) is 0 Å². The quantitative estimate of drug-likeness (QED) is 0.876. The molecule has 0 unspecified atom stereocenters. The van der Waals surface area contributed by atoms with Gasteiger partial charge in [0.2, 0.25) is 0 Å². The first-order valence-corrected chi connectivity index (χ1v) is 4.66. The molecular formula is C8H9BrF2N2O. The van der Waals surface area contributed by atoms with E-state index < -0.39 is 6.43 Å². The summed E-state index contributed by atoms with van der Waals surface area (Å²) in [7, 11) is 0. The molecule has 6 heteroatoms. The van der Waals surface area contributed by atoms with E-state index in [0.29, 0.717) is 10.0 Å². The third-order valence-corrected chi connectivity index (χ3v) is 2.78. The van der Waals surface area contributed by atoms with Gasteiger partial charge in [0.25, 0.3) is 6.43 Å². The van der Waals surface area contributed by atoms with Gasteiger partial charge in [0.15, 0.2) is 0 Å². The van der Waals surface area contributed by atoms with Crippen molar-refractivity contribution in [2.24, 2.45) is 5.73 Å². The van der Waals surface area contributed by atoms with E-state index in [-0.39, 0.29) is 24.4 Å². The second-order valence-electron chi connectivity index (χ2n) is 2.62. The molecule has 3 nitrogen and oxygen atoms in total. The van der Waals surface area contributed by atoms with Crippen molar-refractivity contribution in [3.63, 3.8) is 0 Å². The number of aromatic nitrogens is 1. The van der Waals surface area contributed by atoms with Crippen LogP contribution in [0.2, 0.25) is 0 Å². The predicted molar refractivity (Wildman–Crippen MR) is 50.7 cm³/mol. The zero-order chi connectivity index (χ0) is 10.7. The second-order valence-corrected chi connectivity index (χ2v) is 3.42. The predicted octanol–water partition coefficient (Wildman–Crippen LogP) is 1.73. The zero-order valence-corrected chi connectivity index (χ0v) is 8.76. The highest BCUT2D eigenvalue weighted by Crippen LogP contribution is 2.28. The number of nitrogens with zero attached hydrogens (tertiary/aromatic N) is 1. The molecule has 14 heavy (non-hydrogen) atoms. The van der Waals surface area contributed by atoms with Crippen LogP contribution in [0, 0.1) is 0 Å². The highest BCUT2D eigenvalue weighted by Gasteiger charge is 2.18. The molecule has 0 saturated heterocycles. The van der Waals surface area contributed by atoms with Crippen LogP contribution in [-0.4, -0.2) is 10.1 Å². The average molecular weight is 267 g/mol. The topological polar surface area (TPSA) is 59.1 Å². The SMILES string of the molecule is NCc1c(C(F)F)ncc(CO)c1Br. The number of pyridine rings is 1. The van der Waals surface area contributed by atoms with Crippen molar-refractivity contribution in [1.82, 2.24) is 4.98 Å². The largest absolute Gasteiger partial charge is 0.392 e. The van der Waals surface area contributed by atoms with Gasteiger partial charge in [0, 0.05) is 28.3 Å². The summed E-state index contributed by atoms with van der Waals surface area (Å²) in [4.78, 5) is 3.56. The summed E-state index contributed by atoms with van der Waals surface area (Å²) >= 11 is 3.11. The van der Waals surface area contributed by atoms with E-state index >= 15 is 0 Å². The Bertz CT molecular complexity index is 333. The van der Waals surface area contributed by atoms with Crippen molar-refractivity contribution in [2.75, 3.05) is 0 Å². The van der Waals surface area contributed by atoms with Crippen LogP contribution < -0.4 is 5.73 Å². The normalized spacial score (nSPS) is 11.0. The Hall–Kier alpha value is -0.590. The van der Waals surface area contributed by atoms with Crippen LogP contribution in [-0.2, 0) is 13.2 Å². The summed E-state index contributed by atoms with van der Waals surface area (Å²) < 4.78 is 25.3. The number of nitrogens with two attached hydrogens (primary N) is 1. The molecule has 0 atom stereocenters. The minimum Gasteiger partial charge on any atom is -0.392 e. The molecule has 1 aromatic heterocycles. The first-order valence-electron chi connectivity index (χ1n) is 3.87. The van der Waals surface area contributed by atoms with Gasteiger partial charge in [-0.3, -0.25) is 4.98 Å². The molecule has 0 radical (unpaired) electrons. The third-order valence-electron chi connectivity index (χ3n) is 1.80. The van der Waals surface area contributed by atoms with E-state index in [1.165, 1.54) is 6.20 Å². The van der Waals surface area contributed by atoms with Crippen LogP contribution in [0.4, 0.5) is 8.78 Å². The van der Waals surface area contributed by atoms with Crippen LogP contribution in [0.5, 0.6) is 0 Å². The molecule has 0 aromatic carbocycles. The van der Waals surface area contributed by atoms with E-state index in [4.69, 9.17) is 10.8 Å². The second kappa shape index (κ2) is 4.77. The summed E-state index contributed by atoms with van der Waals surface area (Å²) in [5, 5.41) is 8.87. The minimum absolute atomic E-state index is 0.0406. The average Bonchev–Trinajstić information content (AvgIpc) is 2.17. The first-order chi connectivity index (χ1) is 6.61. The summed E-state index contributed by atoms with van der Waals surface area (Å²) in [6.07, 6.45) is -1.44. The maximum Gasteiger partial charge on any atom is 0.280 e. The Balaban J connectivity index is 3.28. The van der Waals surface area contributed by atoms with Crippen molar-refractivity contribution < 1.29 is 13.9 Å². The van der Waals surface area contributed by atoms with Crippen molar-refractivity contribution in [3.05, 3.63) is 27.5 Å². The van der Waals surface area contributed by atoms with Gasteiger partial charge < -0.3 is 10.8 Å². The van der Waals surface area contributed by atoms with Gasteiger partial charge >= 0.3 is 0 Å². The number of aliphatic hydroxyl groups is 1. The van der Waals surface area contributed by atoms with Crippen LogP contribution in [0.25, 0.3) is 0 Å². The molecule has 0 aliphatic rings. The van der Waals surface area contributed by atoms with Gasteiger partial charge in [0.1, 0.15) is 5.69 Å². The molecule has 78 valence electrons. The van der Waals surface area contributed by atoms with Crippen LogP contribution in [0.15, 0.2) is 10.7 Å². The summed E-state index contributed by atoms with van der Waals surface area (Å²) in [6, 6.07) is 0. The van der Waals surface area contributed by atoms with Crippen LogP contribution >= 0.6 is 15.9 Å². The monoisotopic (exact) mass is 266 g/mol. The summed E-state index contributed by atoms with van der Waals surface area (Å²) in [6.45, 7) is -0.300. The van der Waals surface area contributed by atoms with E-state index in [0.717, 1.165) is 0 Å². The number of alkyl halides is 2. The number of halogens is 3. The molecule has 3 N–H and O–H groups in total. The van der Waals surface area contributed by atoms with Gasteiger partial charge in [0.05, 0.1) is 6.61 Å². The maximum absolute atomic E-state index is 12.4. The zero-order valence-electron chi connectivity index (χ0n) is 7.17. The van der Waals surface area contributed by atoms with Crippen molar-refractivity contribution in [2.45, 2.75) is 19.6 Å². The molecule has 0 spiro atoms. The lowest BCUT2D eigenvalue weighted by molar-refractivity contribution is 0.144.